The van der Waals surface area contributed by atoms with Crippen LogP contribution in [-0.4, -0.2) is 17.5 Å². The molecule has 0 spiro atoms. The van der Waals surface area contributed by atoms with E-state index in [0.717, 1.165) is 5.56 Å². The summed E-state index contributed by atoms with van der Waals surface area (Å²) in [6, 6.07) is 9.68. The van der Waals surface area contributed by atoms with Gasteiger partial charge in [-0.05, 0) is 30.0 Å². The number of hydrogen-bond donors (Lipinski definition) is 1. The highest BCUT2D eigenvalue weighted by atomic mass is 35.5. The minimum atomic E-state index is 0.433. The van der Waals surface area contributed by atoms with E-state index in [2.05, 4.69) is 15.5 Å². The maximum atomic E-state index is 5.96. The molecule has 0 aliphatic heterocycles. The molecule has 0 bridgehead atoms. The Morgan fingerprint density at radius 3 is 2.63 bits per heavy atom. The summed E-state index contributed by atoms with van der Waals surface area (Å²) >= 11 is 13.4. The number of hydrogen-bond acceptors (Lipinski definition) is 4. The highest BCUT2D eigenvalue weighted by Gasteiger charge is 2.00. The average Bonchev–Trinajstić information content (AvgIpc) is 2.42. The molecule has 1 aromatic carbocycles. The third kappa shape index (κ3) is 4.13. The van der Waals surface area contributed by atoms with Gasteiger partial charge in [-0.3, -0.25) is 5.43 Å². The minimum absolute atomic E-state index is 0.433. The van der Waals surface area contributed by atoms with Gasteiger partial charge in [0, 0.05) is 11.1 Å². The minimum Gasteiger partial charge on any atom is -0.260 e. The summed E-state index contributed by atoms with van der Waals surface area (Å²) in [7, 11) is 0. The van der Waals surface area contributed by atoms with Gasteiger partial charge in [0.2, 0.25) is 0 Å². The van der Waals surface area contributed by atoms with Gasteiger partial charge in [-0.1, -0.05) is 35.3 Å². The van der Waals surface area contributed by atoms with Crippen LogP contribution in [0.3, 0.4) is 0 Å². The van der Waals surface area contributed by atoms with Gasteiger partial charge in [0.25, 0.3) is 0 Å². The van der Waals surface area contributed by atoms with Crippen LogP contribution in [0.4, 0.5) is 5.82 Å². The average molecular weight is 312 g/mol. The molecule has 3 nitrogen and oxygen atoms in total. The first-order valence-corrected chi connectivity index (χ1v) is 7.41. The van der Waals surface area contributed by atoms with Crippen LogP contribution < -0.4 is 5.43 Å². The fourth-order valence-electron chi connectivity index (χ4n) is 1.35. The maximum Gasteiger partial charge on any atom is 0.165 e. The Balaban J connectivity index is 2.02. The highest BCUT2D eigenvalue weighted by Crippen LogP contribution is 2.22. The van der Waals surface area contributed by atoms with Crippen molar-refractivity contribution >= 4 is 47.0 Å². The standard InChI is InChI=1S/C13H11Cl2N3S/c1-19-11-4-2-9(3-5-11)7-17-18-13-12(15)6-10(14)8-16-13/h2-8H,1H3,(H,16,18). The largest absolute Gasteiger partial charge is 0.260 e. The van der Waals surface area contributed by atoms with Gasteiger partial charge in [-0.2, -0.15) is 5.10 Å². The van der Waals surface area contributed by atoms with Crippen LogP contribution in [0.1, 0.15) is 5.56 Å². The molecule has 0 atom stereocenters. The second-order valence-electron chi connectivity index (χ2n) is 3.63. The van der Waals surface area contributed by atoms with Gasteiger partial charge < -0.3 is 0 Å². The molecule has 0 saturated heterocycles. The van der Waals surface area contributed by atoms with Gasteiger partial charge in [-0.25, -0.2) is 4.98 Å². The first-order valence-electron chi connectivity index (χ1n) is 5.43. The van der Waals surface area contributed by atoms with E-state index in [9.17, 15) is 0 Å². The molecule has 1 heterocycles. The number of nitrogens with one attached hydrogen (secondary N) is 1. The molecule has 1 N–H and O–H groups in total. The lowest BCUT2D eigenvalue weighted by Gasteiger charge is -2.02. The van der Waals surface area contributed by atoms with E-state index >= 15 is 0 Å². The summed E-state index contributed by atoms with van der Waals surface area (Å²) in [5, 5.41) is 5.01. The van der Waals surface area contributed by atoms with Crippen LogP contribution in [0.15, 0.2) is 46.5 Å². The van der Waals surface area contributed by atoms with E-state index in [1.165, 1.54) is 11.1 Å². The fraction of sp³-hybridized carbons (Fsp3) is 0.0769. The van der Waals surface area contributed by atoms with Crippen molar-refractivity contribution in [1.82, 2.24) is 4.98 Å². The van der Waals surface area contributed by atoms with Crippen molar-refractivity contribution in [3.05, 3.63) is 52.1 Å². The maximum absolute atomic E-state index is 5.96. The molecule has 6 heteroatoms. The number of anilines is 1. The lowest BCUT2D eigenvalue weighted by atomic mass is 10.2. The predicted molar refractivity (Wildman–Crippen MR) is 83.7 cm³/mol. The Morgan fingerprint density at radius 2 is 2.00 bits per heavy atom. The molecule has 19 heavy (non-hydrogen) atoms. The van der Waals surface area contributed by atoms with Crippen LogP contribution in [0.25, 0.3) is 0 Å². The molecular weight excluding hydrogens is 301 g/mol. The Labute approximate surface area is 126 Å². The number of halogens is 2. The van der Waals surface area contributed by atoms with Gasteiger partial charge in [0.1, 0.15) is 0 Å². The lowest BCUT2D eigenvalue weighted by molar-refractivity contribution is 1.23. The molecule has 1 aromatic heterocycles. The second-order valence-corrected chi connectivity index (χ2v) is 5.35. The smallest absolute Gasteiger partial charge is 0.165 e. The molecule has 98 valence electrons. The number of aromatic nitrogens is 1. The van der Waals surface area contributed by atoms with Gasteiger partial charge in [0.15, 0.2) is 5.82 Å². The SMILES string of the molecule is CSc1ccc(C=NNc2ncc(Cl)cc2Cl)cc1. The molecule has 0 fully saturated rings. The Hall–Kier alpha value is -1.23. The Morgan fingerprint density at radius 1 is 1.26 bits per heavy atom. The van der Waals surface area contributed by atoms with Crippen LogP contribution in [0, 0.1) is 0 Å². The number of thioether (sulfide) groups is 1. The summed E-state index contributed by atoms with van der Waals surface area (Å²) in [5.41, 5.74) is 3.78. The third-order valence-electron chi connectivity index (χ3n) is 2.31. The molecule has 0 aliphatic carbocycles. The van der Waals surface area contributed by atoms with Crippen LogP contribution in [0.2, 0.25) is 10.0 Å². The first-order chi connectivity index (χ1) is 9.19. The molecule has 0 unspecified atom stereocenters. The van der Waals surface area contributed by atoms with Crippen molar-refractivity contribution < 1.29 is 0 Å². The van der Waals surface area contributed by atoms with Crippen molar-refractivity contribution in [3.8, 4) is 0 Å². The second kappa shape index (κ2) is 6.80. The summed E-state index contributed by atoms with van der Waals surface area (Å²) in [4.78, 5) is 5.26. The Bertz CT molecular complexity index is 585. The topological polar surface area (TPSA) is 37.3 Å². The summed E-state index contributed by atoms with van der Waals surface area (Å²) in [6.07, 6.45) is 5.26. The number of rotatable bonds is 4. The van der Waals surface area contributed by atoms with Crippen LogP contribution in [-0.2, 0) is 0 Å². The van der Waals surface area contributed by atoms with E-state index in [0.29, 0.717) is 15.9 Å². The van der Waals surface area contributed by atoms with E-state index in [1.807, 2.05) is 30.5 Å². The molecule has 2 aromatic rings. The van der Waals surface area contributed by atoms with Gasteiger partial charge in [-0.15, -0.1) is 11.8 Å². The van der Waals surface area contributed by atoms with Crippen molar-refractivity contribution in [1.29, 1.82) is 0 Å². The molecule has 0 aliphatic rings. The van der Waals surface area contributed by atoms with Gasteiger partial charge in [0.05, 0.1) is 16.3 Å². The monoisotopic (exact) mass is 311 g/mol. The quantitative estimate of drug-likeness (QED) is 0.511. The van der Waals surface area contributed by atoms with Gasteiger partial charge >= 0.3 is 0 Å². The van der Waals surface area contributed by atoms with E-state index in [1.54, 1.807) is 24.0 Å². The van der Waals surface area contributed by atoms with Crippen LogP contribution >= 0.6 is 35.0 Å². The summed E-state index contributed by atoms with van der Waals surface area (Å²) in [5.74, 6) is 0.475. The molecule has 0 amide bonds. The highest BCUT2D eigenvalue weighted by molar-refractivity contribution is 7.98. The van der Waals surface area contributed by atoms with Crippen molar-refractivity contribution in [2.24, 2.45) is 5.10 Å². The first kappa shape index (κ1) is 14.2. The van der Waals surface area contributed by atoms with E-state index in [-0.39, 0.29) is 0 Å². The Kier molecular flexibility index (Phi) is 5.07. The molecular formula is C13H11Cl2N3S. The van der Waals surface area contributed by atoms with E-state index in [4.69, 9.17) is 23.2 Å². The van der Waals surface area contributed by atoms with Crippen molar-refractivity contribution in [2.75, 3.05) is 11.7 Å². The van der Waals surface area contributed by atoms with Crippen molar-refractivity contribution in [2.45, 2.75) is 4.90 Å². The number of hydrazone groups is 1. The fourth-order valence-corrected chi connectivity index (χ4v) is 2.19. The number of nitrogens with zero attached hydrogens (tertiary/aromatic N) is 2. The number of benzene rings is 1. The normalized spacial score (nSPS) is 10.9. The molecule has 2 rings (SSSR count). The van der Waals surface area contributed by atoms with E-state index < -0.39 is 0 Å². The molecule has 0 radical (unpaired) electrons. The predicted octanol–water partition coefficient (Wildman–Crippen LogP) is 4.56. The zero-order chi connectivity index (χ0) is 13.7. The molecule has 0 saturated carbocycles. The van der Waals surface area contributed by atoms with Crippen LogP contribution in [0.5, 0.6) is 0 Å². The van der Waals surface area contributed by atoms with Crippen molar-refractivity contribution in [3.63, 3.8) is 0 Å². The zero-order valence-electron chi connectivity index (χ0n) is 10.1. The third-order valence-corrected chi connectivity index (χ3v) is 3.55. The zero-order valence-corrected chi connectivity index (χ0v) is 12.4. The number of pyridine rings is 1. The summed E-state index contributed by atoms with van der Waals surface area (Å²) < 4.78 is 0. The lowest BCUT2D eigenvalue weighted by Crippen LogP contribution is -1.94. The summed E-state index contributed by atoms with van der Waals surface area (Å²) in [6.45, 7) is 0.